The first kappa shape index (κ1) is 17.0. The van der Waals surface area contributed by atoms with Gasteiger partial charge in [-0.1, -0.05) is 18.6 Å². The summed E-state index contributed by atoms with van der Waals surface area (Å²) in [6.07, 6.45) is 8.69. The number of nitrogens with two attached hydrogens (primary N) is 1. The van der Waals surface area contributed by atoms with Gasteiger partial charge in [-0.2, -0.15) is 0 Å². The topological polar surface area (TPSA) is 46.3 Å². The summed E-state index contributed by atoms with van der Waals surface area (Å²) >= 11 is 0. The fourth-order valence-electron chi connectivity index (χ4n) is 5.11. The predicted octanol–water partition coefficient (Wildman–Crippen LogP) is 3.22. The Labute approximate surface area is 151 Å². The third-order valence-electron chi connectivity index (χ3n) is 7.12. The lowest BCUT2D eigenvalue weighted by atomic mass is 9.91. The molecular weight excluding hydrogens is 310 g/mol. The maximum Gasteiger partial charge on any atom is 0.414 e. The summed E-state index contributed by atoms with van der Waals surface area (Å²) in [6.45, 7) is 6.22. The van der Waals surface area contributed by atoms with Crippen LogP contribution in [0.2, 0.25) is 0 Å². The number of nitrogens with zero attached hydrogens (tertiary/aromatic N) is 2. The van der Waals surface area contributed by atoms with Crippen molar-refractivity contribution < 1.29 is 9.28 Å². The van der Waals surface area contributed by atoms with Crippen molar-refractivity contribution in [1.82, 2.24) is 4.90 Å². The Morgan fingerprint density at radius 1 is 1.16 bits per heavy atom. The Kier molecular flexibility index (Phi) is 4.59. The van der Waals surface area contributed by atoms with Crippen LogP contribution in [-0.2, 0) is 19.4 Å². The number of primary amides is 1. The second-order valence-corrected chi connectivity index (χ2v) is 8.47. The van der Waals surface area contributed by atoms with Crippen LogP contribution in [0.25, 0.3) is 0 Å². The monoisotopic (exact) mass is 342 g/mol. The average molecular weight is 343 g/mol. The van der Waals surface area contributed by atoms with Crippen molar-refractivity contribution in [3.05, 3.63) is 34.9 Å². The molecule has 2 atom stereocenters. The normalized spacial score (nSPS) is 30.5. The highest BCUT2D eigenvalue weighted by atomic mass is 16.2. The second-order valence-electron chi connectivity index (χ2n) is 8.47. The summed E-state index contributed by atoms with van der Waals surface area (Å²) in [7, 11) is 0. The van der Waals surface area contributed by atoms with E-state index in [2.05, 4.69) is 30.0 Å². The van der Waals surface area contributed by atoms with Gasteiger partial charge in [-0.15, -0.1) is 0 Å². The van der Waals surface area contributed by atoms with E-state index in [1.54, 1.807) is 0 Å². The Balaban J connectivity index is 1.52. The van der Waals surface area contributed by atoms with Gasteiger partial charge in [0.1, 0.15) is 6.54 Å². The zero-order chi connectivity index (χ0) is 17.4. The van der Waals surface area contributed by atoms with E-state index >= 15 is 0 Å². The Morgan fingerprint density at radius 2 is 1.92 bits per heavy atom. The van der Waals surface area contributed by atoms with Gasteiger partial charge in [-0.05, 0) is 49.8 Å². The van der Waals surface area contributed by atoms with Crippen molar-refractivity contribution in [3.63, 3.8) is 0 Å². The van der Waals surface area contributed by atoms with E-state index in [0.717, 1.165) is 38.4 Å². The van der Waals surface area contributed by atoms with Gasteiger partial charge in [0.15, 0.2) is 0 Å². The van der Waals surface area contributed by atoms with Gasteiger partial charge >= 0.3 is 6.03 Å². The minimum absolute atomic E-state index is 0.156. The van der Waals surface area contributed by atoms with Crippen LogP contribution < -0.4 is 5.73 Å². The Morgan fingerprint density at radius 3 is 2.52 bits per heavy atom. The number of quaternary nitrogens is 1. The smallest absolute Gasteiger partial charge is 0.319 e. The molecule has 3 aliphatic rings. The molecule has 0 bridgehead atoms. The summed E-state index contributed by atoms with van der Waals surface area (Å²) in [6, 6.07) is 7.94. The van der Waals surface area contributed by atoms with Crippen molar-refractivity contribution in [3.8, 4) is 0 Å². The third-order valence-corrected chi connectivity index (χ3v) is 7.12. The van der Waals surface area contributed by atoms with Crippen LogP contribution in [0.5, 0.6) is 0 Å². The van der Waals surface area contributed by atoms with Crippen molar-refractivity contribution in [2.75, 3.05) is 19.6 Å². The summed E-state index contributed by atoms with van der Waals surface area (Å²) < 4.78 is 0.437. The number of carbonyl (C=O) groups is 1. The predicted molar refractivity (Wildman–Crippen MR) is 100 cm³/mol. The molecule has 25 heavy (non-hydrogen) atoms. The molecule has 0 spiro atoms. The van der Waals surface area contributed by atoms with Crippen LogP contribution in [0.3, 0.4) is 0 Å². The molecule has 1 aromatic rings. The van der Waals surface area contributed by atoms with Gasteiger partial charge in [0.25, 0.3) is 0 Å². The quantitative estimate of drug-likeness (QED) is 0.857. The third kappa shape index (κ3) is 3.11. The van der Waals surface area contributed by atoms with Crippen molar-refractivity contribution in [2.24, 2.45) is 5.73 Å². The minimum Gasteiger partial charge on any atom is -0.319 e. The lowest BCUT2D eigenvalue weighted by Crippen LogP contribution is -2.56. The van der Waals surface area contributed by atoms with E-state index in [0.29, 0.717) is 10.5 Å². The molecule has 4 rings (SSSR count). The lowest BCUT2D eigenvalue weighted by molar-refractivity contribution is -0.872. The molecule has 1 saturated carbocycles. The molecule has 2 heterocycles. The standard InChI is InChI=1S/C21H31N3O/c1-16-4-3-13-24(16,21(22)25)15-17-7-8-18-9-11-23(20-5-2-6-20)12-10-19(18)14-17/h7-8,14,16,20H,2-6,9-13,15H2,1H3,(H-,22,25)/p+1. The van der Waals surface area contributed by atoms with Crippen LogP contribution in [0.4, 0.5) is 4.79 Å². The summed E-state index contributed by atoms with van der Waals surface area (Å²) in [5.74, 6) is 0. The number of rotatable bonds is 3. The molecule has 0 radical (unpaired) electrons. The molecule has 2 aliphatic heterocycles. The number of benzene rings is 1. The number of amides is 2. The highest BCUT2D eigenvalue weighted by Crippen LogP contribution is 2.31. The molecule has 4 heteroatoms. The number of fused-ring (bicyclic) bond motifs is 1. The van der Waals surface area contributed by atoms with Crippen LogP contribution in [0.15, 0.2) is 18.2 Å². The van der Waals surface area contributed by atoms with Gasteiger partial charge in [0.2, 0.25) is 0 Å². The maximum atomic E-state index is 12.2. The average Bonchev–Trinajstić information content (AvgIpc) is 2.79. The van der Waals surface area contributed by atoms with Crippen LogP contribution in [0, 0.1) is 0 Å². The van der Waals surface area contributed by atoms with Gasteiger partial charge < -0.3 is 5.73 Å². The molecule has 0 aromatic heterocycles. The largest absolute Gasteiger partial charge is 0.414 e. The molecule has 2 amide bonds. The van der Waals surface area contributed by atoms with E-state index in [-0.39, 0.29) is 6.03 Å². The first-order valence-corrected chi connectivity index (χ1v) is 10.1. The van der Waals surface area contributed by atoms with Gasteiger partial charge in [-0.3, -0.25) is 4.90 Å². The maximum absolute atomic E-state index is 12.2. The first-order valence-electron chi connectivity index (χ1n) is 10.1. The van der Waals surface area contributed by atoms with Gasteiger partial charge in [-0.25, -0.2) is 9.28 Å². The summed E-state index contributed by atoms with van der Waals surface area (Å²) in [5.41, 5.74) is 10.1. The van der Waals surface area contributed by atoms with Gasteiger partial charge in [0, 0.05) is 37.5 Å². The molecule has 4 nitrogen and oxygen atoms in total. The zero-order valence-corrected chi connectivity index (χ0v) is 15.5. The van der Waals surface area contributed by atoms with Gasteiger partial charge in [0.05, 0.1) is 12.6 Å². The number of urea groups is 1. The molecule has 1 aliphatic carbocycles. The summed E-state index contributed by atoms with van der Waals surface area (Å²) in [4.78, 5) is 14.9. The SMILES string of the molecule is CC1CCC[N+]1(Cc1ccc2c(c1)CCN(C1CCC1)CC2)C(N)=O. The number of carbonyl (C=O) groups excluding carboxylic acids is 1. The fraction of sp³-hybridized carbons (Fsp3) is 0.667. The highest BCUT2D eigenvalue weighted by Gasteiger charge is 2.44. The molecule has 2 unspecified atom stereocenters. The van der Waals surface area contributed by atoms with Crippen LogP contribution in [0.1, 0.15) is 55.7 Å². The van der Waals surface area contributed by atoms with E-state index in [4.69, 9.17) is 5.73 Å². The molecular formula is C21H32N3O+. The van der Waals surface area contributed by atoms with E-state index in [1.165, 1.54) is 55.5 Å². The van der Waals surface area contributed by atoms with E-state index < -0.39 is 0 Å². The van der Waals surface area contributed by atoms with E-state index in [1.807, 2.05) is 0 Å². The number of hydrogen-bond acceptors (Lipinski definition) is 2. The molecule has 2 fully saturated rings. The molecule has 1 saturated heterocycles. The first-order chi connectivity index (χ1) is 12.1. The molecule has 136 valence electrons. The second kappa shape index (κ2) is 6.73. The lowest BCUT2D eigenvalue weighted by Gasteiger charge is -2.36. The van der Waals surface area contributed by atoms with Crippen molar-refractivity contribution in [1.29, 1.82) is 0 Å². The molecule has 2 N–H and O–H groups in total. The number of likely N-dealkylation sites (tertiary alicyclic amines) is 1. The van der Waals surface area contributed by atoms with Crippen molar-refractivity contribution in [2.45, 2.75) is 70.5 Å². The van der Waals surface area contributed by atoms with Crippen LogP contribution in [-0.4, -0.2) is 47.1 Å². The van der Waals surface area contributed by atoms with Crippen molar-refractivity contribution >= 4 is 6.03 Å². The zero-order valence-electron chi connectivity index (χ0n) is 15.5. The Bertz CT molecular complexity index is 655. The number of hydrogen-bond donors (Lipinski definition) is 1. The van der Waals surface area contributed by atoms with E-state index in [9.17, 15) is 4.79 Å². The fourth-order valence-corrected chi connectivity index (χ4v) is 5.11. The minimum atomic E-state index is -0.156. The summed E-state index contributed by atoms with van der Waals surface area (Å²) in [5, 5.41) is 0. The molecule has 1 aromatic carbocycles. The Hall–Kier alpha value is -1.39. The van der Waals surface area contributed by atoms with Crippen LogP contribution >= 0.6 is 0 Å². The highest BCUT2D eigenvalue weighted by molar-refractivity contribution is 5.65.